The molecule has 5 heteroatoms. The molecule has 3 N–H and O–H groups in total. The van der Waals surface area contributed by atoms with Crippen molar-refractivity contribution < 1.29 is 19.7 Å². The summed E-state index contributed by atoms with van der Waals surface area (Å²) in [4.78, 5) is 11.4. The molecule has 0 radical (unpaired) electrons. The summed E-state index contributed by atoms with van der Waals surface area (Å²) in [6.07, 6.45) is 7.49. The van der Waals surface area contributed by atoms with Gasteiger partial charge in [-0.15, -0.1) is 0 Å². The van der Waals surface area contributed by atoms with Gasteiger partial charge in [-0.05, 0) is 92.1 Å². The van der Waals surface area contributed by atoms with Gasteiger partial charge in [-0.3, -0.25) is 0 Å². The third-order valence-electron chi connectivity index (χ3n) is 9.89. The van der Waals surface area contributed by atoms with E-state index in [0.717, 1.165) is 50.5 Å². The van der Waals surface area contributed by atoms with Crippen molar-refractivity contribution in [2.24, 2.45) is 28.6 Å². The highest BCUT2D eigenvalue weighted by molar-refractivity contribution is 5.28. The topological polar surface area (TPSA) is 90.9 Å². The van der Waals surface area contributed by atoms with Crippen LogP contribution in [-0.4, -0.2) is 33.1 Å². The van der Waals surface area contributed by atoms with Crippen molar-refractivity contribution in [2.75, 3.05) is 0 Å². The largest absolute Gasteiger partial charge is 0.431 e. The number of aliphatic hydroxyl groups is 3. The summed E-state index contributed by atoms with van der Waals surface area (Å²) in [5, 5.41) is 33.8. The van der Waals surface area contributed by atoms with Crippen LogP contribution in [0.5, 0.6) is 0 Å². The summed E-state index contributed by atoms with van der Waals surface area (Å²) in [6.45, 7) is 4.43. The van der Waals surface area contributed by atoms with E-state index < -0.39 is 17.1 Å². The number of hydrogen-bond acceptors (Lipinski definition) is 5. The second-order valence-corrected chi connectivity index (χ2v) is 10.9. The predicted octanol–water partition coefficient (Wildman–Crippen LogP) is 3.21. The molecule has 0 saturated heterocycles. The highest BCUT2D eigenvalue weighted by Crippen LogP contribution is 2.70. The second-order valence-electron chi connectivity index (χ2n) is 10.9. The molecule has 0 aliphatic heterocycles. The fourth-order valence-corrected chi connectivity index (χ4v) is 8.41. The summed E-state index contributed by atoms with van der Waals surface area (Å²) >= 11 is 0. The third-order valence-corrected chi connectivity index (χ3v) is 9.89. The van der Waals surface area contributed by atoms with Crippen LogP contribution in [0, 0.1) is 28.6 Å². The lowest BCUT2D eigenvalue weighted by atomic mass is 9.42. The molecule has 4 aliphatic carbocycles. The molecule has 1 aromatic rings. The Kier molecular flexibility index (Phi) is 4.37. The normalized spacial score (nSPS) is 51.8. The van der Waals surface area contributed by atoms with Crippen LogP contribution in [0.4, 0.5) is 0 Å². The molecular formula is C24H34O5. The van der Waals surface area contributed by atoms with E-state index in [4.69, 9.17) is 4.42 Å². The summed E-state index contributed by atoms with van der Waals surface area (Å²) < 4.78 is 5.14. The minimum Gasteiger partial charge on any atom is -0.431 e. The molecule has 160 valence electrons. The Bertz CT molecular complexity index is 829. The summed E-state index contributed by atoms with van der Waals surface area (Å²) in [7, 11) is 0. The second kappa shape index (κ2) is 6.41. The predicted molar refractivity (Wildman–Crippen MR) is 108 cm³/mol. The molecule has 1 unspecified atom stereocenters. The van der Waals surface area contributed by atoms with Gasteiger partial charge in [-0.2, -0.15) is 0 Å². The number of fused-ring (bicyclic) bond motifs is 5. The summed E-state index contributed by atoms with van der Waals surface area (Å²) in [6, 6.07) is 3.28. The molecule has 0 spiro atoms. The Morgan fingerprint density at radius 3 is 2.59 bits per heavy atom. The molecule has 0 bridgehead atoms. The fourth-order valence-electron chi connectivity index (χ4n) is 8.41. The molecule has 1 aromatic heterocycles. The summed E-state index contributed by atoms with van der Waals surface area (Å²) in [5.74, 6) is 0.662. The average molecular weight is 403 g/mol. The van der Waals surface area contributed by atoms with E-state index in [1.165, 1.54) is 6.07 Å². The smallest absolute Gasteiger partial charge is 0.335 e. The SMILES string of the molecule is C[C@]12CC[C@H](O)C[C@H]1CCC1[C@@H]2[C@H](O)C[C@]2(C)[C@@H](c3ccc(=O)oc3)CC[C@]12O. The molecule has 0 aromatic carbocycles. The fraction of sp³-hybridized carbons (Fsp3) is 0.792. The van der Waals surface area contributed by atoms with Crippen LogP contribution in [0.1, 0.15) is 76.7 Å². The molecule has 9 atom stereocenters. The maximum absolute atomic E-state index is 12.2. The van der Waals surface area contributed by atoms with Gasteiger partial charge < -0.3 is 19.7 Å². The van der Waals surface area contributed by atoms with Crippen LogP contribution in [0.3, 0.4) is 0 Å². The monoisotopic (exact) mass is 402 g/mol. The molecule has 4 fully saturated rings. The van der Waals surface area contributed by atoms with Crippen LogP contribution in [-0.2, 0) is 0 Å². The first kappa shape index (κ1) is 19.8. The van der Waals surface area contributed by atoms with Crippen molar-refractivity contribution in [2.45, 2.75) is 88.9 Å². The van der Waals surface area contributed by atoms with Gasteiger partial charge in [0.15, 0.2) is 0 Å². The van der Waals surface area contributed by atoms with Gasteiger partial charge in [-0.25, -0.2) is 4.79 Å². The zero-order chi connectivity index (χ0) is 20.6. The number of aliphatic hydroxyl groups excluding tert-OH is 2. The van der Waals surface area contributed by atoms with Gasteiger partial charge in [0.2, 0.25) is 0 Å². The van der Waals surface area contributed by atoms with Crippen LogP contribution in [0.15, 0.2) is 27.6 Å². The Labute approximate surface area is 172 Å². The standard InChI is InChI=1S/C24H34O5/c1-22-9-7-16(25)11-15(22)4-5-18-21(22)19(26)12-23(2)17(8-10-24(18,23)28)14-3-6-20(27)29-13-14/h3,6,13,15-19,21,25-26,28H,4-5,7-12H2,1-2H3/t15-,16+,17-,18?,19-,21-,22+,23-,24+/m1/s1. The van der Waals surface area contributed by atoms with Crippen molar-refractivity contribution in [3.63, 3.8) is 0 Å². The lowest BCUT2D eigenvalue weighted by molar-refractivity contribution is -0.239. The Balaban J connectivity index is 1.52. The first-order valence-corrected chi connectivity index (χ1v) is 11.4. The van der Waals surface area contributed by atoms with Crippen molar-refractivity contribution in [3.8, 4) is 0 Å². The lowest BCUT2D eigenvalue weighted by Crippen LogP contribution is -2.66. The molecule has 4 aliphatic rings. The maximum Gasteiger partial charge on any atom is 0.335 e. The highest BCUT2D eigenvalue weighted by atomic mass is 16.4. The van der Waals surface area contributed by atoms with E-state index in [9.17, 15) is 20.1 Å². The highest BCUT2D eigenvalue weighted by Gasteiger charge is 2.69. The summed E-state index contributed by atoms with van der Waals surface area (Å²) in [5.41, 5.74) is -0.681. The van der Waals surface area contributed by atoms with Gasteiger partial charge in [0.1, 0.15) is 0 Å². The van der Waals surface area contributed by atoms with Crippen molar-refractivity contribution in [1.29, 1.82) is 0 Å². The molecule has 1 heterocycles. The zero-order valence-corrected chi connectivity index (χ0v) is 17.5. The van der Waals surface area contributed by atoms with E-state index >= 15 is 0 Å². The van der Waals surface area contributed by atoms with Crippen LogP contribution in [0.25, 0.3) is 0 Å². The van der Waals surface area contributed by atoms with Crippen molar-refractivity contribution in [1.82, 2.24) is 0 Å². The van der Waals surface area contributed by atoms with E-state index in [1.54, 1.807) is 6.26 Å². The molecule has 0 amide bonds. The van der Waals surface area contributed by atoms with Gasteiger partial charge in [0.25, 0.3) is 0 Å². The van der Waals surface area contributed by atoms with E-state index in [2.05, 4.69) is 13.8 Å². The molecule has 29 heavy (non-hydrogen) atoms. The quantitative estimate of drug-likeness (QED) is 0.671. The van der Waals surface area contributed by atoms with E-state index in [1.807, 2.05) is 6.07 Å². The lowest BCUT2D eigenvalue weighted by Gasteiger charge is -2.65. The van der Waals surface area contributed by atoms with Crippen LogP contribution in [0.2, 0.25) is 0 Å². The Morgan fingerprint density at radius 2 is 1.86 bits per heavy atom. The Hall–Kier alpha value is -1.17. The minimum atomic E-state index is -0.818. The molecule has 5 nitrogen and oxygen atoms in total. The zero-order valence-electron chi connectivity index (χ0n) is 17.5. The van der Waals surface area contributed by atoms with Crippen LogP contribution < -0.4 is 5.63 Å². The average Bonchev–Trinajstić information content (AvgIpc) is 2.94. The van der Waals surface area contributed by atoms with Gasteiger partial charge in [0.05, 0.1) is 24.1 Å². The van der Waals surface area contributed by atoms with Crippen molar-refractivity contribution in [3.05, 3.63) is 34.4 Å². The molecular weight excluding hydrogens is 368 g/mol. The van der Waals surface area contributed by atoms with Gasteiger partial charge >= 0.3 is 5.63 Å². The Morgan fingerprint density at radius 1 is 1.07 bits per heavy atom. The van der Waals surface area contributed by atoms with Crippen LogP contribution >= 0.6 is 0 Å². The number of rotatable bonds is 1. The first-order valence-electron chi connectivity index (χ1n) is 11.4. The molecule has 5 rings (SSSR count). The van der Waals surface area contributed by atoms with E-state index in [-0.39, 0.29) is 34.9 Å². The van der Waals surface area contributed by atoms with Crippen molar-refractivity contribution >= 4 is 0 Å². The number of hydrogen-bond donors (Lipinski definition) is 3. The minimum absolute atomic E-state index is 0.0176. The molecule has 4 saturated carbocycles. The van der Waals surface area contributed by atoms with Gasteiger partial charge in [-0.1, -0.05) is 13.8 Å². The maximum atomic E-state index is 12.2. The van der Waals surface area contributed by atoms with E-state index in [0.29, 0.717) is 12.3 Å². The first-order chi connectivity index (χ1) is 13.7. The van der Waals surface area contributed by atoms with Gasteiger partial charge in [0, 0.05) is 11.5 Å². The third kappa shape index (κ3) is 2.60.